The van der Waals surface area contributed by atoms with E-state index in [0.29, 0.717) is 32.5 Å². The molecule has 6 nitrogen and oxygen atoms in total. The summed E-state index contributed by atoms with van der Waals surface area (Å²) in [6.07, 6.45) is 4.65. The van der Waals surface area contributed by atoms with Crippen molar-refractivity contribution in [3.63, 3.8) is 0 Å². The van der Waals surface area contributed by atoms with Crippen molar-refractivity contribution in [3.8, 4) is 0 Å². The molecular weight excluding hydrogens is 254 g/mol. The Morgan fingerprint density at radius 1 is 1.22 bits per heavy atom. The van der Waals surface area contributed by atoms with Crippen molar-refractivity contribution >= 4 is 16.3 Å². The van der Waals surface area contributed by atoms with Gasteiger partial charge < -0.3 is 0 Å². The van der Waals surface area contributed by atoms with Gasteiger partial charge in [0.2, 0.25) is 6.08 Å². The van der Waals surface area contributed by atoms with Crippen LogP contribution in [0.15, 0.2) is 4.99 Å². The maximum Gasteiger partial charge on any atom is 0.282 e. The summed E-state index contributed by atoms with van der Waals surface area (Å²) >= 11 is 0. The van der Waals surface area contributed by atoms with Gasteiger partial charge in [0.1, 0.15) is 0 Å². The smallest absolute Gasteiger partial charge is 0.211 e. The van der Waals surface area contributed by atoms with Crippen molar-refractivity contribution in [1.29, 1.82) is 0 Å². The van der Waals surface area contributed by atoms with Crippen molar-refractivity contribution in [1.82, 2.24) is 8.61 Å². The van der Waals surface area contributed by atoms with Crippen LogP contribution in [0.1, 0.15) is 32.6 Å². The van der Waals surface area contributed by atoms with Gasteiger partial charge in [0.25, 0.3) is 10.2 Å². The fraction of sp³-hybridized carbons (Fsp3) is 0.909. The number of aliphatic imine (C=N–C) groups is 1. The molecule has 0 radical (unpaired) electrons. The molecule has 2 fully saturated rings. The molecule has 2 saturated heterocycles. The molecular formula is C11H19N3O3S. The van der Waals surface area contributed by atoms with Gasteiger partial charge in [0.05, 0.1) is 6.04 Å². The van der Waals surface area contributed by atoms with Crippen LogP contribution in [0.5, 0.6) is 0 Å². The first-order valence-electron chi connectivity index (χ1n) is 6.39. The number of hydrogen-bond donors (Lipinski definition) is 0. The highest BCUT2D eigenvalue weighted by atomic mass is 32.2. The third-order valence-corrected chi connectivity index (χ3v) is 5.86. The lowest BCUT2D eigenvalue weighted by atomic mass is 10.0. The number of isocyanates is 1. The van der Waals surface area contributed by atoms with Gasteiger partial charge in [-0.3, -0.25) is 0 Å². The Morgan fingerprint density at radius 3 is 2.44 bits per heavy atom. The number of piperidine rings is 1. The Morgan fingerprint density at radius 2 is 1.89 bits per heavy atom. The second-order valence-corrected chi connectivity index (χ2v) is 6.85. The molecule has 2 aliphatic rings. The summed E-state index contributed by atoms with van der Waals surface area (Å²) in [5.41, 5.74) is 0. The minimum absolute atomic E-state index is 0.0810. The summed E-state index contributed by atoms with van der Waals surface area (Å²) in [5, 5.41) is 0. The van der Waals surface area contributed by atoms with E-state index >= 15 is 0 Å². The van der Waals surface area contributed by atoms with Crippen LogP contribution < -0.4 is 0 Å². The van der Waals surface area contributed by atoms with Crippen molar-refractivity contribution < 1.29 is 13.2 Å². The lowest BCUT2D eigenvalue weighted by Gasteiger charge is -2.36. The SMILES string of the molecule is CC1CC(N=C=O)CCN1S(=O)(=O)N1CCCC1. The van der Waals surface area contributed by atoms with Crippen LogP contribution in [0.4, 0.5) is 0 Å². The zero-order valence-corrected chi connectivity index (χ0v) is 11.4. The largest absolute Gasteiger partial charge is 0.282 e. The Hall–Kier alpha value is -0.750. The normalized spacial score (nSPS) is 31.2. The lowest BCUT2D eigenvalue weighted by molar-refractivity contribution is 0.233. The molecule has 0 saturated carbocycles. The van der Waals surface area contributed by atoms with Gasteiger partial charge in [-0.2, -0.15) is 17.0 Å². The van der Waals surface area contributed by atoms with Gasteiger partial charge in [-0.1, -0.05) is 0 Å². The molecule has 2 atom stereocenters. The Kier molecular flexibility index (Phi) is 4.17. The van der Waals surface area contributed by atoms with Crippen molar-refractivity contribution in [2.45, 2.75) is 44.7 Å². The standard InChI is InChI=1S/C11H19N3O3S/c1-10-8-11(12-9-15)4-7-14(10)18(16,17)13-5-2-3-6-13/h10-11H,2-8H2,1H3. The Balaban J connectivity index is 2.07. The first-order chi connectivity index (χ1) is 8.55. The molecule has 2 rings (SSSR count). The van der Waals surface area contributed by atoms with Gasteiger partial charge in [-0.15, -0.1) is 0 Å². The first-order valence-corrected chi connectivity index (χ1v) is 7.79. The predicted octanol–water partition coefficient (Wildman–Crippen LogP) is 0.516. The van der Waals surface area contributed by atoms with Gasteiger partial charge >= 0.3 is 0 Å². The van der Waals surface area contributed by atoms with E-state index in [1.807, 2.05) is 6.92 Å². The molecule has 0 aliphatic carbocycles. The van der Waals surface area contributed by atoms with E-state index in [4.69, 9.17) is 0 Å². The van der Waals surface area contributed by atoms with E-state index in [1.165, 1.54) is 0 Å². The highest BCUT2D eigenvalue weighted by Crippen LogP contribution is 2.26. The third kappa shape index (κ3) is 2.64. The highest BCUT2D eigenvalue weighted by Gasteiger charge is 2.37. The summed E-state index contributed by atoms with van der Waals surface area (Å²) in [5.74, 6) is 0. The molecule has 0 spiro atoms. The molecule has 2 unspecified atom stereocenters. The van der Waals surface area contributed by atoms with E-state index in [-0.39, 0.29) is 12.1 Å². The van der Waals surface area contributed by atoms with Crippen LogP contribution >= 0.6 is 0 Å². The fourth-order valence-electron chi connectivity index (χ4n) is 2.73. The number of hydrogen-bond acceptors (Lipinski definition) is 4. The molecule has 0 aromatic rings. The average molecular weight is 273 g/mol. The van der Waals surface area contributed by atoms with Crippen LogP contribution in [0.3, 0.4) is 0 Å². The Bertz CT molecular complexity index is 438. The monoisotopic (exact) mass is 273 g/mol. The second-order valence-electron chi connectivity index (χ2n) is 4.97. The van der Waals surface area contributed by atoms with E-state index in [2.05, 4.69) is 4.99 Å². The second kappa shape index (κ2) is 5.48. The molecule has 0 bridgehead atoms. The fourth-order valence-corrected chi connectivity index (χ4v) is 4.62. The quantitative estimate of drug-likeness (QED) is 0.556. The number of nitrogens with zero attached hydrogens (tertiary/aromatic N) is 3. The van der Waals surface area contributed by atoms with E-state index in [9.17, 15) is 13.2 Å². The van der Waals surface area contributed by atoms with Crippen LogP contribution in [-0.4, -0.2) is 54.8 Å². The third-order valence-electron chi connectivity index (χ3n) is 3.71. The van der Waals surface area contributed by atoms with Crippen LogP contribution in [0.25, 0.3) is 0 Å². The zero-order chi connectivity index (χ0) is 13.2. The lowest BCUT2D eigenvalue weighted by Crippen LogP contribution is -2.51. The molecule has 0 aromatic carbocycles. The van der Waals surface area contributed by atoms with Crippen LogP contribution in [0.2, 0.25) is 0 Å². The highest BCUT2D eigenvalue weighted by molar-refractivity contribution is 7.86. The topological polar surface area (TPSA) is 70.0 Å². The molecule has 102 valence electrons. The van der Waals surface area contributed by atoms with Crippen molar-refractivity contribution in [2.24, 2.45) is 4.99 Å². The summed E-state index contributed by atoms with van der Waals surface area (Å²) in [4.78, 5) is 13.9. The summed E-state index contributed by atoms with van der Waals surface area (Å²) in [7, 11) is -3.32. The maximum absolute atomic E-state index is 12.4. The zero-order valence-electron chi connectivity index (χ0n) is 10.6. The van der Waals surface area contributed by atoms with Gasteiger partial charge in [0.15, 0.2) is 0 Å². The van der Waals surface area contributed by atoms with Gasteiger partial charge in [-0.25, -0.2) is 9.79 Å². The predicted molar refractivity (Wildman–Crippen MR) is 67.0 cm³/mol. The van der Waals surface area contributed by atoms with E-state index in [1.54, 1.807) is 14.7 Å². The van der Waals surface area contributed by atoms with Crippen molar-refractivity contribution in [3.05, 3.63) is 0 Å². The van der Waals surface area contributed by atoms with Crippen molar-refractivity contribution in [2.75, 3.05) is 19.6 Å². The number of rotatable bonds is 3. The van der Waals surface area contributed by atoms with E-state index < -0.39 is 10.2 Å². The van der Waals surface area contributed by atoms with E-state index in [0.717, 1.165) is 12.8 Å². The first kappa shape index (κ1) is 13.7. The molecule has 2 aliphatic heterocycles. The summed E-state index contributed by atoms with van der Waals surface area (Å²) in [6.45, 7) is 3.57. The minimum Gasteiger partial charge on any atom is -0.211 e. The molecule has 2 heterocycles. The maximum atomic E-state index is 12.4. The summed E-state index contributed by atoms with van der Waals surface area (Å²) in [6, 6.07) is -0.186. The molecule has 7 heteroatoms. The average Bonchev–Trinajstić information content (AvgIpc) is 2.83. The van der Waals surface area contributed by atoms with Crippen LogP contribution in [0, 0.1) is 0 Å². The molecule has 18 heavy (non-hydrogen) atoms. The Labute approximate surface area is 108 Å². The number of carbonyl (C=O) groups excluding carboxylic acids is 1. The van der Waals surface area contributed by atoms with Gasteiger partial charge in [0, 0.05) is 25.7 Å². The van der Waals surface area contributed by atoms with Gasteiger partial charge in [-0.05, 0) is 32.6 Å². The molecule has 0 aromatic heterocycles. The molecule has 0 N–H and O–H groups in total. The molecule has 0 amide bonds. The minimum atomic E-state index is -3.32. The van der Waals surface area contributed by atoms with Crippen LogP contribution in [-0.2, 0) is 15.0 Å². The summed E-state index contributed by atoms with van der Waals surface area (Å²) < 4.78 is 27.9.